The van der Waals surface area contributed by atoms with Crippen molar-refractivity contribution in [3.63, 3.8) is 0 Å². The molecule has 18 heavy (non-hydrogen) atoms. The zero-order valence-electron chi connectivity index (χ0n) is 9.97. The van der Waals surface area contributed by atoms with E-state index in [9.17, 15) is 9.59 Å². The van der Waals surface area contributed by atoms with Crippen molar-refractivity contribution < 1.29 is 14.7 Å². The number of carbonyl (C=O) groups excluding carboxylic acids is 1. The van der Waals surface area contributed by atoms with Crippen LogP contribution in [0.15, 0.2) is 34.8 Å². The van der Waals surface area contributed by atoms with Gasteiger partial charge in [0.1, 0.15) is 0 Å². The summed E-state index contributed by atoms with van der Waals surface area (Å²) in [7, 11) is 1.58. The Kier molecular flexibility index (Phi) is 5.58. The Labute approximate surface area is 114 Å². The fourth-order valence-electron chi connectivity index (χ4n) is 1.27. The van der Waals surface area contributed by atoms with E-state index < -0.39 is 5.97 Å². The lowest BCUT2D eigenvalue weighted by molar-refractivity contribution is -0.137. The highest BCUT2D eigenvalue weighted by Crippen LogP contribution is 2.17. The van der Waals surface area contributed by atoms with Gasteiger partial charge in [0.15, 0.2) is 0 Å². The summed E-state index contributed by atoms with van der Waals surface area (Å²) in [5.74, 6) is -1.13. The van der Waals surface area contributed by atoms with Crippen LogP contribution in [0.4, 0.5) is 0 Å². The third-order valence-corrected chi connectivity index (χ3v) is 3.07. The lowest BCUT2D eigenvalue weighted by atomic mass is 10.2. The molecule has 1 N–H and O–H groups in total. The molecule has 1 aromatic rings. The molecule has 0 spiro atoms. The van der Waals surface area contributed by atoms with Gasteiger partial charge in [0, 0.05) is 24.1 Å². The number of aliphatic carboxylic acids is 1. The maximum Gasteiger partial charge on any atom is 0.305 e. The van der Waals surface area contributed by atoms with Gasteiger partial charge in [-0.25, -0.2) is 0 Å². The number of rotatable bonds is 5. The summed E-state index contributed by atoms with van der Waals surface area (Å²) in [6.07, 6.45) is 3.08. The number of likely N-dealkylation sites (N-methyl/N-ethyl adjacent to an activating group) is 1. The molecule has 1 aromatic carbocycles. The third-order valence-electron chi connectivity index (χ3n) is 2.35. The number of nitrogens with zero attached hydrogens (tertiary/aromatic N) is 1. The predicted octanol–water partition coefficient (Wildman–Crippen LogP) is 2.40. The second-order valence-corrected chi connectivity index (χ2v) is 4.61. The lowest BCUT2D eigenvalue weighted by Crippen LogP contribution is -2.27. The molecule has 0 fully saturated rings. The first-order valence-electron chi connectivity index (χ1n) is 5.40. The topological polar surface area (TPSA) is 57.6 Å². The number of carboxylic acids is 1. The SMILES string of the molecule is CN(CCC(=O)O)C(=O)C=Cc1ccccc1Br. The van der Waals surface area contributed by atoms with E-state index in [4.69, 9.17) is 5.11 Å². The smallest absolute Gasteiger partial charge is 0.305 e. The van der Waals surface area contributed by atoms with Crippen molar-refractivity contribution in [1.29, 1.82) is 0 Å². The van der Waals surface area contributed by atoms with E-state index in [0.29, 0.717) is 0 Å². The van der Waals surface area contributed by atoms with E-state index in [-0.39, 0.29) is 18.9 Å². The third kappa shape index (κ3) is 4.71. The molecule has 0 unspecified atom stereocenters. The quantitative estimate of drug-likeness (QED) is 0.849. The molecule has 4 nitrogen and oxygen atoms in total. The van der Waals surface area contributed by atoms with Crippen LogP contribution < -0.4 is 0 Å². The Morgan fingerprint density at radius 1 is 1.39 bits per heavy atom. The van der Waals surface area contributed by atoms with Gasteiger partial charge in [-0.3, -0.25) is 9.59 Å². The van der Waals surface area contributed by atoms with Gasteiger partial charge < -0.3 is 10.0 Å². The van der Waals surface area contributed by atoms with E-state index in [0.717, 1.165) is 10.0 Å². The summed E-state index contributed by atoms with van der Waals surface area (Å²) in [5, 5.41) is 8.53. The molecule has 0 radical (unpaired) electrons. The Morgan fingerprint density at radius 2 is 2.06 bits per heavy atom. The van der Waals surface area contributed by atoms with E-state index in [1.807, 2.05) is 24.3 Å². The van der Waals surface area contributed by atoms with Gasteiger partial charge in [-0.05, 0) is 17.7 Å². The Bertz CT molecular complexity index is 471. The highest BCUT2D eigenvalue weighted by atomic mass is 79.9. The summed E-state index contributed by atoms with van der Waals surface area (Å²) in [4.78, 5) is 23.4. The molecule has 0 atom stereocenters. The van der Waals surface area contributed by atoms with Gasteiger partial charge in [-0.15, -0.1) is 0 Å². The van der Waals surface area contributed by atoms with Gasteiger partial charge in [0.25, 0.3) is 0 Å². The predicted molar refractivity (Wildman–Crippen MR) is 73.1 cm³/mol. The normalized spacial score (nSPS) is 10.6. The average molecular weight is 312 g/mol. The highest BCUT2D eigenvalue weighted by Gasteiger charge is 2.06. The van der Waals surface area contributed by atoms with Crippen molar-refractivity contribution in [3.05, 3.63) is 40.4 Å². The summed E-state index contributed by atoms with van der Waals surface area (Å²) < 4.78 is 0.905. The number of carboxylic acid groups (broad SMARTS) is 1. The van der Waals surface area contributed by atoms with Gasteiger partial charge in [0.05, 0.1) is 6.42 Å². The van der Waals surface area contributed by atoms with Crippen LogP contribution in [0.25, 0.3) is 6.08 Å². The molecule has 0 bridgehead atoms. The van der Waals surface area contributed by atoms with Gasteiger partial charge >= 0.3 is 5.97 Å². The molecule has 96 valence electrons. The first-order valence-corrected chi connectivity index (χ1v) is 6.19. The number of benzene rings is 1. The second-order valence-electron chi connectivity index (χ2n) is 3.76. The fourth-order valence-corrected chi connectivity index (χ4v) is 1.69. The van der Waals surface area contributed by atoms with Crippen LogP contribution in [-0.2, 0) is 9.59 Å². The van der Waals surface area contributed by atoms with Crippen LogP contribution in [0.2, 0.25) is 0 Å². The first kappa shape index (κ1) is 14.4. The molecular weight excluding hydrogens is 298 g/mol. The van der Waals surface area contributed by atoms with Crippen LogP contribution in [-0.4, -0.2) is 35.5 Å². The van der Waals surface area contributed by atoms with E-state index in [1.54, 1.807) is 13.1 Å². The van der Waals surface area contributed by atoms with E-state index in [1.165, 1.54) is 11.0 Å². The minimum atomic E-state index is -0.913. The highest BCUT2D eigenvalue weighted by molar-refractivity contribution is 9.10. The largest absolute Gasteiger partial charge is 0.481 e. The number of amides is 1. The van der Waals surface area contributed by atoms with Gasteiger partial charge in [-0.2, -0.15) is 0 Å². The van der Waals surface area contributed by atoms with Crippen molar-refractivity contribution in [1.82, 2.24) is 4.90 Å². The van der Waals surface area contributed by atoms with Crippen molar-refractivity contribution in [3.8, 4) is 0 Å². The van der Waals surface area contributed by atoms with Crippen molar-refractivity contribution >= 4 is 33.9 Å². The molecule has 0 aromatic heterocycles. The zero-order valence-corrected chi connectivity index (χ0v) is 11.6. The molecule has 0 saturated carbocycles. The first-order chi connectivity index (χ1) is 8.50. The fraction of sp³-hybridized carbons (Fsp3) is 0.231. The van der Waals surface area contributed by atoms with Crippen LogP contribution in [0.5, 0.6) is 0 Å². The van der Waals surface area contributed by atoms with E-state index in [2.05, 4.69) is 15.9 Å². The number of hydrogen-bond donors (Lipinski definition) is 1. The summed E-state index contributed by atoms with van der Waals surface area (Å²) >= 11 is 3.38. The van der Waals surface area contributed by atoms with Crippen LogP contribution in [0, 0.1) is 0 Å². The molecule has 5 heteroatoms. The Morgan fingerprint density at radius 3 is 2.67 bits per heavy atom. The second kappa shape index (κ2) is 6.96. The average Bonchev–Trinajstić information content (AvgIpc) is 2.34. The number of halogens is 1. The summed E-state index contributed by atoms with van der Waals surface area (Å²) in [5.41, 5.74) is 0.900. The molecule has 0 aliphatic heterocycles. The molecule has 1 amide bonds. The molecule has 0 aliphatic rings. The summed E-state index contributed by atoms with van der Waals surface area (Å²) in [6.45, 7) is 0.203. The monoisotopic (exact) mass is 311 g/mol. The van der Waals surface area contributed by atoms with Crippen LogP contribution in [0.3, 0.4) is 0 Å². The number of carbonyl (C=O) groups is 2. The maximum absolute atomic E-state index is 11.7. The van der Waals surface area contributed by atoms with Crippen LogP contribution in [0.1, 0.15) is 12.0 Å². The van der Waals surface area contributed by atoms with Crippen molar-refractivity contribution in [2.75, 3.05) is 13.6 Å². The Balaban J connectivity index is 2.59. The maximum atomic E-state index is 11.7. The standard InChI is InChI=1S/C13H14BrNO3/c1-15(9-8-13(17)18)12(16)7-6-10-4-2-3-5-11(10)14/h2-7H,8-9H2,1H3,(H,17,18). The number of hydrogen-bond acceptors (Lipinski definition) is 2. The molecule has 0 aliphatic carbocycles. The molecule has 1 rings (SSSR count). The molecule has 0 saturated heterocycles. The lowest BCUT2D eigenvalue weighted by Gasteiger charge is -2.13. The van der Waals surface area contributed by atoms with Gasteiger partial charge in [-0.1, -0.05) is 34.1 Å². The minimum Gasteiger partial charge on any atom is -0.481 e. The molecular formula is C13H14BrNO3. The van der Waals surface area contributed by atoms with Gasteiger partial charge in [0.2, 0.25) is 5.91 Å². The van der Waals surface area contributed by atoms with Crippen molar-refractivity contribution in [2.24, 2.45) is 0 Å². The molecule has 0 heterocycles. The Hall–Kier alpha value is -1.62. The van der Waals surface area contributed by atoms with Crippen LogP contribution >= 0.6 is 15.9 Å². The van der Waals surface area contributed by atoms with E-state index >= 15 is 0 Å². The zero-order chi connectivity index (χ0) is 13.5. The summed E-state index contributed by atoms with van der Waals surface area (Å²) in [6, 6.07) is 7.54. The minimum absolute atomic E-state index is 0.0505. The van der Waals surface area contributed by atoms with Crippen molar-refractivity contribution in [2.45, 2.75) is 6.42 Å².